The monoisotopic (exact) mass is 369 g/mol. The quantitative estimate of drug-likeness (QED) is 0.725. The number of aryl methyl sites for hydroxylation is 1. The SMILES string of the molecule is Cc1ccc(C2=C(SC(C)C)C(=O)N(Cc3ccccc3F)C2=O)cc1. The van der Waals surface area contributed by atoms with Gasteiger partial charge in [-0.3, -0.25) is 14.5 Å². The van der Waals surface area contributed by atoms with E-state index in [4.69, 9.17) is 0 Å². The molecule has 0 bridgehead atoms. The van der Waals surface area contributed by atoms with Gasteiger partial charge in [-0.1, -0.05) is 61.9 Å². The van der Waals surface area contributed by atoms with Crippen LogP contribution in [0.15, 0.2) is 53.4 Å². The fourth-order valence-corrected chi connectivity index (χ4v) is 3.82. The Labute approximate surface area is 156 Å². The van der Waals surface area contributed by atoms with E-state index in [0.29, 0.717) is 21.6 Å². The van der Waals surface area contributed by atoms with E-state index in [2.05, 4.69) is 0 Å². The molecule has 3 rings (SSSR count). The van der Waals surface area contributed by atoms with E-state index >= 15 is 0 Å². The van der Waals surface area contributed by atoms with Gasteiger partial charge < -0.3 is 0 Å². The topological polar surface area (TPSA) is 37.4 Å². The first-order valence-corrected chi connectivity index (χ1v) is 9.34. The summed E-state index contributed by atoms with van der Waals surface area (Å²) in [6, 6.07) is 13.7. The summed E-state index contributed by atoms with van der Waals surface area (Å²) in [5.41, 5.74) is 2.53. The molecule has 2 aromatic carbocycles. The van der Waals surface area contributed by atoms with Crippen LogP contribution in [0.5, 0.6) is 0 Å². The van der Waals surface area contributed by atoms with Crippen molar-refractivity contribution in [1.29, 1.82) is 0 Å². The van der Waals surface area contributed by atoms with Crippen LogP contribution in [-0.2, 0) is 16.1 Å². The van der Waals surface area contributed by atoms with Crippen molar-refractivity contribution in [2.45, 2.75) is 32.6 Å². The average molecular weight is 369 g/mol. The number of hydrogen-bond donors (Lipinski definition) is 0. The number of imide groups is 1. The van der Waals surface area contributed by atoms with Crippen LogP contribution < -0.4 is 0 Å². The van der Waals surface area contributed by atoms with Gasteiger partial charge in [-0.2, -0.15) is 0 Å². The number of amides is 2. The van der Waals surface area contributed by atoms with E-state index in [1.165, 1.54) is 17.8 Å². The lowest BCUT2D eigenvalue weighted by Gasteiger charge is -2.16. The minimum atomic E-state index is -0.421. The smallest absolute Gasteiger partial charge is 0.268 e. The minimum absolute atomic E-state index is 0.0676. The Morgan fingerprint density at radius 1 is 1.00 bits per heavy atom. The predicted molar refractivity (Wildman–Crippen MR) is 103 cm³/mol. The van der Waals surface area contributed by atoms with E-state index in [0.717, 1.165) is 10.5 Å². The van der Waals surface area contributed by atoms with Crippen LogP contribution in [0, 0.1) is 12.7 Å². The van der Waals surface area contributed by atoms with Gasteiger partial charge in [0.2, 0.25) is 0 Å². The maximum absolute atomic E-state index is 14.0. The summed E-state index contributed by atoms with van der Waals surface area (Å²) in [6.07, 6.45) is 0. The summed E-state index contributed by atoms with van der Waals surface area (Å²) in [4.78, 5) is 27.5. The summed E-state index contributed by atoms with van der Waals surface area (Å²) in [5.74, 6) is -1.15. The van der Waals surface area contributed by atoms with Gasteiger partial charge in [-0.15, -0.1) is 11.8 Å². The minimum Gasteiger partial charge on any atom is -0.269 e. The molecule has 1 aliphatic heterocycles. The third kappa shape index (κ3) is 3.58. The van der Waals surface area contributed by atoms with E-state index in [-0.39, 0.29) is 23.6 Å². The molecule has 0 N–H and O–H groups in total. The highest BCUT2D eigenvalue weighted by Crippen LogP contribution is 2.38. The first-order chi connectivity index (χ1) is 12.4. The molecule has 0 aliphatic carbocycles. The number of rotatable bonds is 5. The third-order valence-corrected chi connectivity index (χ3v) is 5.19. The van der Waals surface area contributed by atoms with Crippen molar-refractivity contribution in [1.82, 2.24) is 4.90 Å². The molecule has 0 aromatic heterocycles. The Morgan fingerprint density at radius 2 is 1.65 bits per heavy atom. The molecule has 0 spiro atoms. The number of carbonyl (C=O) groups is 2. The Balaban J connectivity index is 2.00. The van der Waals surface area contributed by atoms with Crippen LogP contribution in [0.1, 0.15) is 30.5 Å². The number of halogens is 1. The van der Waals surface area contributed by atoms with Crippen molar-refractivity contribution >= 4 is 29.1 Å². The van der Waals surface area contributed by atoms with E-state index in [1.54, 1.807) is 18.2 Å². The second kappa shape index (κ2) is 7.46. The van der Waals surface area contributed by atoms with Crippen molar-refractivity contribution < 1.29 is 14.0 Å². The van der Waals surface area contributed by atoms with Gasteiger partial charge in [-0.05, 0) is 18.6 Å². The van der Waals surface area contributed by atoms with E-state index in [1.807, 2.05) is 45.0 Å². The zero-order valence-corrected chi connectivity index (χ0v) is 15.8. The fourth-order valence-electron chi connectivity index (χ4n) is 2.81. The van der Waals surface area contributed by atoms with Crippen LogP contribution >= 0.6 is 11.8 Å². The molecule has 2 amide bonds. The summed E-state index contributed by atoms with van der Waals surface area (Å²) in [6.45, 7) is 5.85. The molecule has 26 heavy (non-hydrogen) atoms. The molecule has 0 saturated heterocycles. The molecule has 0 atom stereocenters. The Bertz CT molecular complexity index is 887. The molecule has 0 unspecified atom stereocenters. The van der Waals surface area contributed by atoms with Crippen LogP contribution in [0.2, 0.25) is 0 Å². The normalized spacial score (nSPS) is 14.7. The van der Waals surface area contributed by atoms with Crippen LogP contribution in [0.25, 0.3) is 5.57 Å². The highest BCUT2D eigenvalue weighted by atomic mass is 32.2. The van der Waals surface area contributed by atoms with Gasteiger partial charge >= 0.3 is 0 Å². The van der Waals surface area contributed by atoms with E-state index < -0.39 is 5.82 Å². The second-order valence-electron chi connectivity index (χ2n) is 6.52. The van der Waals surface area contributed by atoms with Crippen LogP contribution in [0.4, 0.5) is 4.39 Å². The van der Waals surface area contributed by atoms with Crippen LogP contribution in [0.3, 0.4) is 0 Å². The van der Waals surface area contributed by atoms with Gasteiger partial charge in [0.25, 0.3) is 11.8 Å². The first-order valence-electron chi connectivity index (χ1n) is 8.46. The maximum atomic E-state index is 14.0. The molecular weight excluding hydrogens is 349 g/mol. The molecular formula is C21H20FNO2S. The molecule has 134 valence electrons. The predicted octanol–water partition coefficient (Wildman–Crippen LogP) is 4.56. The lowest BCUT2D eigenvalue weighted by atomic mass is 10.0. The Hall–Kier alpha value is -2.40. The second-order valence-corrected chi connectivity index (χ2v) is 8.11. The van der Waals surface area contributed by atoms with Crippen molar-refractivity contribution in [3.8, 4) is 0 Å². The number of benzene rings is 2. The van der Waals surface area contributed by atoms with Gasteiger partial charge in [0.1, 0.15) is 5.82 Å². The molecule has 1 heterocycles. The number of hydrogen-bond acceptors (Lipinski definition) is 3. The zero-order valence-electron chi connectivity index (χ0n) is 15.0. The maximum Gasteiger partial charge on any atom is 0.268 e. The first kappa shape index (κ1) is 18.4. The standard InChI is InChI=1S/C21H20FNO2S/c1-13(2)26-19-18(15-10-8-14(3)9-11-15)20(24)23(21(19)25)12-16-6-4-5-7-17(16)22/h4-11,13H,12H2,1-3H3. The summed E-state index contributed by atoms with van der Waals surface area (Å²) >= 11 is 1.37. The van der Waals surface area contributed by atoms with E-state index in [9.17, 15) is 14.0 Å². The Kier molecular flexibility index (Phi) is 5.28. The molecule has 1 aliphatic rings. The summed E-state index contributed by atoms with van der Waals surface area (Å²) in [5, 5.41) is 0.149. The van der Waals surface area contributed by atoms with Gasteiger partial charge in [0.15, 0.2) is 0 Å². The molecule has 2 aromatic rings. The lowest BCUT2D eigenvalue weighted by Crippen LogP contribution is -2.31. The van der Waals surface area contributed by atoms with Crippen molar-refractivity contribution in [2.75, 3.05) is 0 Å². The molecule has 0 saturated carbocycles. The number of thioether (sulfide) groups is 1. The zero-order chi connectivity index (χ0) is 18.8. The van der Waals surface area contributed by atoms with Gasteiger partial charge in [0.05, 0.1) is 17.0 Å². The van der Waals surface area contributed by atoms with Gasteiger partial charge in [-0.25, -0.2) is 4.39 Å². The number of nitrogens with zero attached hydrogens (tertiary/aromatic N) is 1. The van der Waals surface area contributed by atoms with Crippen molar-refractivity contribution in [3.05, 3.63) is 75.9 Å². The van der Waals surface area contributed by atoms with Crippen molar-refractivity contribution in [3.63, 3.8) is 0 Å². The molecule has 5 heteroatoms. The summed E-state index contributed by atoms with van der Waals surface area (Å²) in [7, 11) is 0. The summed E-state index contributed by atoms with van der Waals surface area (Å²) < 4.78 is 14.0. The van der Waals surface area contributed by atoms with Crippen LogP contribution in [-0.4, -0.2) is 22.0 Å². The lowest BCUT2D eigenvalue weighted by molar-refractivity contribution is -0.137. The third-order valence-electron chi connectivity index (χ3n) is 4.11. The van der Waals surface area contributed by atoms with Gasteiger partial charge in [0, 0.05) is 10.8 Å². The molecule has 3 nitrogen and oxygen atoms in total. The van der Waals surface area contributed by atoms with Crippen molar-refractivity contribution in [2.24, 2.45) is 0 Å². The molecule has 0 fully saturated rings. The number of carbonyl (C=O) groups excluding carboxylic acids is 2. The fraction of sp³-hybridized carbons (Fsp3) is 0.238. The largest absolute Gasteiger partial charge is 0.269 e. The molecule has 0 radical (unpaired) electrons. The Morgan fingerprint density at radius 3 is 2.27 bits per heavy atom. The highest BCUT2D eigenvalue weighted by molar-refractivity contribution is 8.04. The highest BCUT2D eigenvalue weighted by Gasteiger charge is 2.39. The average Bonchev–Trinajstić information content (AvgIpc) is 2.82.